The molecule has 27 heavy (non-hydrogen) atoms. The molecule has 0 fully saturated rings. The van der Waals surface area contributed by atoms with Gasteiger partial charge in [0.15, 0.2) is 5.96 Å². The van der Waals surface area contributed by atoms with E-state index >= 15 is 0 Å². The van der Waals surface area contributed by atoms with Crippen molar-refractivity contribution in [2.75, 3.05) is 19.7 Å². The van der Waals surface area contributed by atoms with Gasteiger partial charge in [-0.1, -0.05) is 12.1 Å². The van der Waals surface area contributed by atoms with Crippen molar-refractivity contribution in [1.29, 1.82) is 0 Å². The summed E-state index contributed by atoms with van der Waals surface area (Å²) in [5.74, 6) is 1.75. The van der Waals surface area contributed by atoms with Crippen molar-refractivity contribution in [1.82, 2.24) is 15.6 Å². The first-order chi connectivity index (χ1) is 12.5. The zero-order chi connectivity index (χ0) is 18.9. The Hall–Kier alpha value is -1.35. The van der Waals surface area contributed by atoms with Gasteiger partial charge in [0.1, 0.15) is 5.75 Å². The number of nitrogens with one attached hydrogen (secondary N) is 2. The van der Waals surface area contributed by atoms with Gasteiger partial charge in [0.05, 0.1) is 23.9 Å². The molecule has 2 N–H and O–H groups in total. The fraction of sp³-hybridized carbons (Fsp3) is 0.500. The molecule has 2 rings (SSSR count). The lowest BCUT2D eigenvalue weighted by molar-refractivity contribution is 0.336. The van der Waals surface area contributed by atoms with Gasteiger partial charge in [0.25, 0.3) is 0 Å². The van der Waals surface area contributed by atoms with Gasteiger partial charge in [-0.3, -0.25) is 0 Å². The van der Waals surface area contributed by atoms with E-state index in [1.807, 2.05) is 6.92 Å². The van der Waals surface area contributed by atoms with Gasteiger partial charge in [0, 0.05) is 30.0 Å². The summed E-state index contributed by atoms with van der Waals surface area (Å²) in [6.45, 7) is 13.2. The van der Waals surface area contributed by atoms with Gasteiger partial charge >= 0.3 is 0 Å². The number of halogens is 1. The average Bonchev–Trinajstić information content (AvgIpc) is 2.92. The van der Waals surface area contributed by atoms with Crippen molar-refractivity contribution in [2.45, 2.75) is 47.6 Å². The summed E-state index contributed by atoms with van der Waals surface area (Å²) in [4.78, 5) is 10.5. The maximum Gasteiger partial charge on any atom is 0.191 e. The van der Waals surface area contributed by atoms with Crippen molar-refractivity contribution < 1.29 is 4.74 Å². The van der Waals surface area contributed by atoms with Crippen molar-refractivity contribution in [3.05, 3.63) is 44.9 Å². The molecule has 0 aliphatic carbocycles. The molecule has 5 nitrogen and oxygen atoms in total. The van der Waals surface area contributed by atoms with E-state index in [0.29, 0.717) is 13.2 Å². The van der Waals surface area contributed by atoms with Crippen LogP contribution in [0.3, 0.4) is 0 Å². The van der Waals surface area contributed by atoms with E-state index in [1.165, 1.54) is 10.4 Å². The minimum Gasteiger partial charge on any atom is -0.494 e. The first-order valence-electron chi connectivity index (χ1n) is 9.20. The average molecular weight is 502 g/mol. The second kappa shape index (κ2) is 12.2. The predicted molar refractivity (Wildman–Crippen MR) is 126 cm³/mol. The maximum atomic E-state index is 5.75. The molecule has 0 aliphatic rings. The summed E-state index contributed by atoms with van der Waals surface area (Å²) in [5, 5.41) is 7.85. The summed E-state index contributed by atoms with van der Waals surface area (Å²) in [6, 6.07) is 6.27. The summed E-state index contributed by atoms with van der Waals surface area (Å²) in [7, 11) is 0. The van der Waals surface area contributed by atoms with Crippen LogP contribution in [-0.2, 0) is 13.0 Å². The standard InChI is InChI=1S/C20H30N4OS.HI/c1-6-21-20(22-11-10-19-15(4)24-16(5)26-19)23-13-17-9-8-14(3)12-18(17)25-7-2;/h8-9,12H,6-7,10-11,13H2,1-5H3,(H2,21,22,23);1H. The number of hydrogen-bond acceptors (Lipinski definition) is 4. The zero-order valence-corrected chi connectivity index (χ0v) is 20.0. The van der Waals surface area contributed by atoms with E-state index < -0.39 is 0 Å². The SMILES string of the molecule is CCNC(=NCc1ccc(C)cc1OCC)NCCc1sc(C)nc1C.I. The summed E-state index contributed by atoms with van der Waals surface area (Å²) in [6.07, 6.45) is 0.955. The minimum absolute atomic E-state index is 0. The smallest absolute Gasteiger partial charge is 0.191 e. The Labute approximate surface area is 184 Å². The number of rotatable bonds is 8. The second-order valence-electron chi connectivity index (χ2n) is 6.16. The van der Waals surface area contributed by atoms with Crippen molar-refractivity contribution in [3.63, 3.8) is 0 Å². The molecule has 0 aliphatic heterocycles. The molecule has 2 aromatic rings. The largest absolute Gasteiger partial charge is 0.494 e. The molecule has 7 heteroatoms. The van der Waals surface area contributed by atoms with E-state index in [-0.39, 0.29) is 24.0 Å². The normalized spacial score (nSPS) is 11.1. The summed E-state index contributed by atoms with van der Waals surface area (Å²) < 4.78 is 5.75. The summed E-state index contributed by atoms with van der Waals surface area (Å²) >= 11 is 1.77. The van der Waals surface area contributed by atoms with Crippen LogP contribution in [0.5, 0.6) is 5.75 Å². The first kappa shape index (κ1) is 23.7. The van der Waals surface area contributed by atoms with Crippen LogP contribution in [0.4, 0.5) is 0 Å². The van der Waals surface area contributed by atoms with Crippen molar-refractivity contribution >= 4 is 41.3 Å². The Bertz CT molecular complexity index is 746. The van der Waals surface area contributed by atoms with Crippen molar-refractivity contribution in [2.24, 2.45) is 4.99 Å². The number of thiazole rings is 1. The monoisotopic (exact) mass is 502 g/mol. The number of nitrogens with zero attached hydrogens (tertiary/aromatic N) is 2. The lowest BCUT2D eigenvalue weighted by atomic mass is 10.1. The van der Waals surface area contributed by atoms with E-state index in [2.05, 4.69) is 61.5 Å². The van der Waals surface area contributed by atoms with Crippen LogP contribution in [0.2, 0.25) is 0 Å². The Morgan fingerprint density at radius 1 is 1.19 bits per heavy atom. The molecule has 0 saturated carbocycles. The highest BCUT2D eigenvalue weighted by Gasteiger charge is 2.06. The van der Waals surface area contributed by atoms with E-state index in [0.717, 1.165) is 47.5 Å². The number of aryl methyl sites for hydroxylation is 3. The number of aromatic nitrogens is 1. The quantitative estimate of drug-likeness (QED) is 0.320. The number of aliphatic imine (C=N–C) groups is 1. The molecule has 150 valence electrons. The minimum atomic E-state index is 0. The highest BCUT2D eigenvalue weighted by Crippen LogP contribution is 2.21. The molecule has 0 amide bonds. The molecule has 0 saturated heterocycles. The van der Waals surface area contributed by atoms with Gasteiger partial charge in [-0.05, 0) is 46.2 Å². The Kier molecular flexibility index (Phi) is 10.7. The number of guanidine groups is 1. The third-order valence-electron chi connectivity index (χ3n) is 3.92. The van der Waals surface area contributed by atoms with Crippen LogP contribution >= 0.6 is 35.3 Å². The highest BCUT2D eigenvalue weighted by atomic mass is 127. The Morgan fingerprint density at radius 3 is 2.59 bits per heavy atom. The number of hydrogen-bond donors (Lipinski definition) is 2. The van der Waals surface area contributed by atoms with Crippen LogP contribution in [0, 0.1) is 20.8 Å². The topological polar surface area (TPSA) is 58.5 Å². The second-order valence-corrected chi connectivity index (χ2v) is 7.45. The Balaban J connectivity index is 0.00000364. The van der Waals surface area contributed by atoms with Crippen LogP contribution in [0.15, 0.2) is 23.2 Å². The van der Waals surface area contributed by atoms with Gasteiger partial charge < -0.3 is 15.4 Å². The van der Waals surface area contributed by atoms with Crippen LogP contribution in [0.1, 0.15) is 40.6 Å². The first-order valence-corrected chi connectivity index (χ1v) is 10.0. The van der Waals surface area contributed by atoms with Gasteiger partial charge in [-0.25, -0.2) is 9.98 Å². The fourth-order valence-electron chi connectivity index (χ4n) is 2.69. The lowest BCUT2D eigenvalue weighted by Crippen LogP contribution is -2.38. The van der Waals surface area contributed by atoms with E-state index in [4.69, 9.17) is 9.73 Å². The molecule has 1 aromatic carbocycles. The third-order valence-corrected chi connectivity index (χ3v) is 5.05. The zero-order valence-electron chi connectivity index (χ0n) is 16.9. The van der Waals surface area contributed by atoms with Gasteiger partial charge in [-0.15, -0.1) is 35.3 Å². The Morgan fingerprint density at radius 2 is 1.96 bits per heavy atom. The fourth-order valence-corrected chi connectivity index (χ4v) is 3.62. The van der Waals surface area contributed by atoms with Crippen molar-refractivity contribution in [3.8, 4) is 5.75 Å². The molecule has 0 unspecified atom stereocenters. The molecule has 1 aromatic heterocycles. The molecule has 0 atom stereocenters. The number of ether oxygens (including phenoxy) is 1. The molecule has 0 spiro atoms. The van der Waals surface area contributed by atoms with Gasteiger partial charge in [0.2, 0.25) is 0 Å². The van der Waals surface area contributed by atoms with Crippen LogP contribution in [0.25, 0.3) is 0 Å². The lowest BCUT2D eigenvalue weighted by Gasteiger charge is -2.13. The summed E-state index contributed by atoms with van der Waals surface area (Å²) in [5.41, 5.74) is 3.43. The van der Waals surface area contributed by atoms with Crippen LogP contribution < -0.4 is 15.4 Å². The third kappa shape index (κ3) is 7.65. The molecular formula is C20H31IN4OS. The molecule has 0 bridgehead atoms. The molecular weight excluding hydrogens is 471 g/mol. The van der Waals surface area contributed by atoms with Crippen LogP contribution in [-0.4, -0.2) is 30.6 Å². The predicted octanol–water partition coefficient (Wildman–Crippen LogP) is 4.38. The molecule has 0 radical (unpaired) electrons. The highest BCUT2D eigenvalue weighted by molar-refractivity contribution is 14.0. The molecule has 1 heterocycles. The van der Waals surface area contributed by atoms with E-state index in [9.17, 15) is 0 Å². The number of benzene rings is 1. The van der Waals surface area contributed by atoms with E-state index in [1.54, 1.807) is 11.3 Å². The maximum absolute atomic E-state index is 5.75. The van der Waals surface area contributed by atoms with Gasteiger partial charge in [-0.2, -0.15) is 0 Å².